The molecule has 3 aliphatic rings. The fourth-order valence-electron chi connectivity index (χ4n) is 4.22. The Hall–Kier alpha value is -0.610. The zero-order valence-corrected chi connectivity index (χ0v) is 12.6. The highest BCUT2D eigenvalue weighted by Crippen LogP contribution is 2.28. The highest BCUT2D eigenvalue weighted by molar-refractivity contribution is 5.77. The molecular weight excluding hydrogens is 250 g/mol. The number of nitrogens with zero attached hydrogens (tertiary/aromatic N) is 2. The van der Waals surface area contributed by atoms with E-state index in [0.29, 0.717) is 24.3 Å². The second kappa shape index (κ2) is 6.44. The summed E-state index contributed by atoms with van der Waals surface area (Å²) >= 11 is 0. The molecule has 1 saturated carbocycles. The molecule has 0 aromatic carbocycles. The summed E-state index contributed by atoms with van der Waals surface area (Å²) in [6.45, 7) is 4.39. The lowest BCUT2D eigenvalue weighted by molar-refractivity contribution is -0.131. The lowest BCUT2D eigenvalue weighted by atomic mass is 9.99. The Kier molecular flexibility index (Phi) is 4.61. The normalized spacial score (nSPS) is 35.6. The largest absolute Gasteiger partial charge is 0.341 e. The third-order valence-corrected chi connectivity index (χ3v) is 5.58. The number of carbonyl (C=O) groups is 1. The van der Waals surface area contributed by atoms with Gasteiger partial charge in [0.25, 0.3) is 0 Å². The predicted octanol–water partition coefficient (Wildman–Crippen LogP) is 1.59. The summed E-state index contributed by atoms with van der Waals surface area (Å²) in [5.74, 6) is 0.795. The average Bonchev–Trinajstić information content (AvgIpc) is 3.10. The van der Waals surface area contributed by atoms with Gasteiger partial charge in [-0.1, -0.05) is 12.8 Å². The van der Waals surface area contributed by atoms with Crippen LogP contribution in [-0.4, -0.2) is 54.0 Å². The van der Waals surface area contributed by atoms with Crippen molar-refractivity contribution in [1.29, 1.82) is 0 Å². The minimum absolute atomic E-state index is 0.263. The molecule has 0 spiro atoms. The van der Waals surface area contributed by atoms with Crippen LogP contribution >= 0.6 is 0 Å². The van der Waals surface area contributed by atoms with Crippen molar-refractivity contribution in [1.82, 2.24) is 9.80 Å². The van der Waals surface area contributed by atoms with E-state index >= 15 is 0 Å². The number of nitrogens with two attached hydrogens (primary N) is 1. The second-order valence-corrected chi connectivity index (χ2v) is 6.94. The van der Waals surface area contributed by atoms with Crippen LogP contribution in [0.4, 0.5) is 0 Å². The van der Waals surface area contributed by atoms with Gasteiger partial charge in [-0.25, -0.2) is 0 Å². The average molecular weight is 279 g/mol. The maximum absolute atomic E-state index is 12.4. The Morgan fingerprint density at radius 2 is 1.80 bits per heavy atom. The fourth-order valence-corrected chi connectivity index (χ4v) is 4.22. The number of carbonyl (C=O) groups excluding carboxylic acids is 1. The van der Waals surface area contributed by atoms with Gasteiger partial charge in [0, 0.05) is 31.6 Å². The van der Waals surface area contributed by atoms with E-state index in [4.69, 9.17) is 5.73 Å². The molecule has 2 aliphatic heterocycles. The Bertz CT molecular complexity index is 341. The maximum atomic E-state index is 12.4. The molecule has 2 heterocycles. The second-order valence-electron chi connectivity index (χ2n) is 6.94. The van der Waals surface area contributed by atoms with Crippen LogP contribution in [0, 0.1) is 5.92 Å². The quantitative estimate of drug-likeness (QED) is 0.853. The van der Waals surface area contributed by atoms with Gasteiger partial charge in [0.1, 0.15) is 0 Å². The first-order valence-electron chi connectivity index (χ1n) is 8.51. The van der Waals surface area contributed by atoms with Crippen LogP contribution < -0.4 is 5.73 Å². The van der Waals surface area contributed by atoms with Gasteiger partial charge in [0.2, 0.25) is 5.91 Å². The van der Waals surface area contributed by atoms with Gasteiger partial charge in [0.05, 0.1) is 0 Å². The van der Waals surface area contributed by atoms with Gasteiger partial charge < -0.3 is 10.6 Å². The van der Waals surface area contributed by atoms with Crippen LogP contribution in [0.3, 0.4) is 0 Å². The molecular formula is C16H29N3O. The van der Waals surface area contributed by atoms with Gasteiger partial charge in [-0.15, -0.1) is 0 Å². The fraction of sp³-hybridized carbons (Fsp3) is 0.938. The third kappa shape index (κ3) is 3.17. The lowest BCUT2D eigenvalue weighted by Gasteiger charge is -2.32. The molecule has 0 bridgehead atoms. The van der Waals surface area contributed by atoms with E-state index in [1.54, 1.807) is 0 Å². The van der Waals surface area contributed by atoms with Crippen molar-refractivity contribution in [3.63, 3.8) is 0 Å². The Balaban J connectivity index is 1.47. The zero-order chi connectivity index (χ0) is 13.9. The summed E-state index contributed by atoms with van der Waals surface area (Å²) in [5.41, 5.74) is 6.09. The van der Waals surface area contributed by atoms with E-state index in [-0.39, 0.29) is 6.04 Å². The van der Waals surface area contributed by atoms with Crippen molar-refractivity contribution in [2.75, 3.05) is 26.2 Å². The molecule has 1 amide bonds. The lowest BCUT2D eigenvalue weighted by Crippen LogP contribution is -2.42. The van der Waals surface area contributed by atoms with E-state index in [1.807, 2.05) is 0 Å². The number of rotatable bonds is 3. The molecule has 3 rings (SSSR count). The molecule has 2 N–H and O–H groups in total. The molecule has 1 unspecified atom stereocenters. The van der Waals surface area contributed by atoms with Gasteiger partial charge in [-0.2, -0.15) is 0 Å². The summed E-state index contributed by atoms with van der Waals surface area (Å²) in [6.07, 6.45) is 9.37. The summed E-state index contributed by atoms with van der Waals surface area (Å²) in [5, 5.41) is 0. The molecule has 114 valence electrons. The smallest absolute Gasteiger partial charge is 0.222 e. The summed E-state index contributed by atoms with van der Waals surface area (Å²) in [4.78, 5) is 17.1. The molecule has 20 heavy (non-hydrogen) atoms. The number of likely N-dealkylation sites (tertiary alicyclic amines) is 2. The first-order valence-corrected chi connectivity index (χ1v) is 8.51. The van der Waals surface area contributed by atoms with Crippen LogP contribution in [0.2, 0.25) is 0 Å². The van der Waals surface area contributed by atoms with Crippen molar-refractivity contribution in [3.05, 3.63) is 0 Å². The van der Waals surface area contributed by atoms with E-state index in [2.05, 4.69) is 9.80 Å². The molecule has 0 radical (unpaired) electrons. The maximum Gasteiger partial charge on any atom is 0.222 e. The Labute approximate surface area is 122 Å². The van der Waals surface area contributed by atoms with Gasteiger partial charge in [-0.05, 0) is 51.1 Å². The first-order chi connectivity index (χ1) is 9.74. The SMILES string of the molecule is N[C@@H]1CCC[C@H]1CC(=O)N1CCC(N2CCCCC2)C1. The molecule has 0 aromatic rings. The standard InChI is InChI=1S/C16H29N3O/c17-15-6-4-5-13(15)11-16(20)19-10-7-14(12-19)18-8-2-1-3-9-18/h13-15H,1-12,17H2/t13-,14?,15+/m0/s1. The Morgan fingerprint density at radius 3 is 2.50 bits per heavy atom. The van der Waals surface area contributed by atoms with Crippen LogP contribution in [0.15, 0.2) is 0 Å². The molecule has 4 heteroatoms. The predicted molar refractivity (Wildman–Crippen MR) is 80.3 cm³/mol. The van der Waals surface area contributed by atoms with Gasteiger partial charge in [0.15, 0.2) is 0 Å². The number of hydrogen-bond donors (Lipinski definition) is 1. The van der Waals surface area contributed by atoms with E-state index in [1.165, 1.54) is 45.2 Å². The number of hydrogen-bond acceptors (Lipinski definition) is 3. The van der Waals surface area contributed by atoms with Crippen LogP contribution in [0.5, 0.6) is 0 Å². The zero-order valence-electron chi connectivity index (χ0n) is 12.6. The van der Waals surface area contributed by atoms with Crippen molar-refractivity contribution in [2.24, 2.45) is 11.7 Å². The first kappa shape index (κ1) is 14.3. The van der Waals surface area contributed by atoms with E-state index < -0.39 is 0 Å². The van der Waals surface area contributed by atoms with Crippen molar-refractivity contribution in [2.45, 2.75) is 63.5 Å². The Morgan fingerprint density at radius 1 is 1.00 bits per heavy atom. The monoisotopic (exact) mass is 279 g/mol. The van der Waals surface area contributed by atoms with Crippen LogP contribution in [-0.2, 0) is 4.79 Å². The third-order valence-electron chi connectivity index (χ3n) is 5.58. The molecule has 3 fully saturated rings. The van der Waals surface area contributed by atoms with E-state index in [0.717, 1.165) is 25.9 Å². The van der Waals surface area contributed by atoms with Crippen LogP contribution in [0.25, 0.3) is 0 Å². The minimum atomic E-state index is 0.263. The topological polar surface area (TPSA) is 49.6 Å². The van der Waals surface area contributed by atoms with Crippen molar-refractivity contribution < 1.29 is 4.79 Å². The summed E-state index contributed by atoms with van der Waals surface area (Å²) in [6, 6.07) is 0.885. The van der Waals surface area contributed by atoms with Crippen molar-refractivity contribution >= 4 is 5.91 Å². The molecule has 4 nitrogen and oxygen atoms in total. The van der Waals surface area contributed by atoms with Gasteiger partial charge in [-0.3, -0.25) is 9.69 Å². The molecule has 1 aliphatic carbocycles. The minimum Gasteiger partial charge on any atom is -0.341 e. The molecule has 0 aromatic heterocycles. The van der Waals surface area contributed by atoms with Crippen molar-refractivity contribution in [3.8, 4) is 0 Å². The number of amides is 1. The van der Waals surface area contributed by atoms with E-state index in [9.17, 15) is 4.79 Å². The highest BCUT2D eigenvalue weighted by atomic mass is 16.2. The molecule has 2 saturated heterocycles. The highest BCUT2D eigenvalue weighted by Gasteiger charge is 2.33. The number of piperidine rings is 1. The summed E-state index contributed by atoms with van der Waals surface area (Å²) in [7, 11) is 0. The summed E-state index contributed by atoms with van der Waals surface area (Å²) < 4.78 is 0. The molecule has 3 atom stereocenters. The van der Waals surface area contributed by atoms with Gasteiger partial charge >= 0.3 is 0 Å². The van der Waals surface area contributed by atoms with Crippen LogP contribution in [0.1, 0.15) is 51.4 Å².